The smallest absolute Gasteiger partial charge is 0.331 e. The van der Waals surface area contributed by atoms with Crippen LogP contribution in [-0.2, 0) is 14.3 Å². The van der Waals surface area contributed by atoms with Crippen molar-refractivity contribution < 1.29 is 23.8 Å². The molecule has 28 heavy (non-hydrogen) atoms. The van der Waals surface area contributed by atoms with Crippen LogP contribution in [0.3, 0.4) is 0 Å². The normalized spacial score (nSPS) is 22.9. The van der Waals surface area contributed by atoms with Crippen molar-refractivity contribution in [3.05, 3.63) is 29.8 Å². The van der Waals surface area contributed by atoms with Crippen molar-refractivity contribution >= 4 is 18.0 Å². The van der Waals surface area contributed by atoms with Crippen LogP contribution < -0.4 is 14.8 Å². The molecule has 6 heteroatoms. The number of esters is 1. The molecule has 152 valence electrons. The molecule has 0 saturated heterocycles. The Morgan fingerprint density at radius 1 is 1.14 bits per heavy atom. The number of ether oxygens (including phenoxy) is 3. The summed E-state index contributed by atoms with van der Waals surface area (Å²) in [6, 6.07) is 5.66. The molecule has 1 amide bonds. The van der Waals surface area contributed by atoms with Gasteiger partial charge in [0.05, 0.1) is 13.2 Å². The fourth-order valence-corrected chi connectivity index (χ4v) is 3.55. The average Bonchev–Trinajstić information content (AvgIpc) is 2.93. The van der Waals surface area contributed by atoms with E-state index in [0.29, 0.717) is 30.6 Å². The van der Waals surface area contributed by atoms with Crippen molar-refractivity contribution in [2.24, 2.45) is 5.92 Å². The van der Waals surface area contributed by atoms with Crippen LogP contribution in [0.5, 0.6) is 11.5 Å². The largest absolute Gasteiger partial charge is 0.490 e. The molecule has 3 atom stereocenters. The Kier molecular flexibility index (Phi) is 6.95. The number of amides is 1. The Balaban J connectivity index is 1.51. The van der Waals surface area contributed by atoms with Gasteiger partial charge in [-0.3, -0.25) is 4.79 Å². The standard InChI is InChI=1S/C22H29NO5/c1-15-6-3-4-7-18(15)23-22(25)16(2)28-21(24)11-9-17-8-10-19-20(14-17)27-13-5-12-26-19/h8-11,14-16,18H,3-7,12-13H2,1-2H3,(H,23,25)/b11-9+/t15-,16+,18-/m0/s1. The number of hydrogen-bond acceptors (Lipinski definition) is 5. The van der Waals surface area contributed by atoms with Crippen molar-refractivity contribution in [1.82, 2.24) is 5.32 Å². The molecule has 1 fully saturated rings. The van der Waals surface area contributed by atoms with E-state index >= 15 is 0 Å². The molecule has 1 N–H and O–H groups in total. The molecule has 1 aromatic carbocycles. The summed E-state index contributed by atoms with van der Waals surface area (Å²) < 4.78 is 16.5. The third kappa shape index (κ3) is 5.50. The molecule has 1 aromatic rings. The molecule has 0 unspecified atom stereocenters. The molecule has 0 radical (unpaired) electrons. The minimum Gasteiger partial charge on any atom is -0.490 e. The van der Waals surface area contributed by atoms with Crippen LogP contribution in [-0.4, -0.2) is 37.2 Å². The van der Waals surface area contributed by atoms with Gasteiger partial charge in [0.1, 0.15) is 0 Å². The summed E-state index contributed by atoms with van der Waals surface area (Å²) in [6.45, 7) is 4.99. The highest BCUT2D eigenvalue weighted by Crippen LogP contribution is 2.30. The topological polar surface area (TPSA) is 73.9 Å². The van der Waals surface area contributed by atoms with E-state index in [0.717, 1.165) is 31.2 Å². The van der Waals surface area contributed by atoms with E-state index in [1.165, 1.54) is 12.5 Å². The number of hydrogen-bond donors (Lipinski definition) is 1. The molecular formula is C22H29NO5. The highest BCUT2D eigenvalue weighted by Gasteiger charge is 2.26. The summed E-state index contributed by atoms with van der Waals surface area (Å²) in [4.78, 5) is 24.4. The van der Waals surface area contributed by atoms with Crippen LogP contribution in [0, 0.1) is 5.92 Å². The molecule has 0 bridgehead atoms. The maximum atomic E-state index is 12.3. The third-order valence-electron chi connectivity index (χ3n) is 5.28. The monoisotopic (exact) mass is 387 g/mol. The highest BCUT2D eigenvalue weighted by atomic mass is 16.5. The predicted molar refractivity (Wildman–Crippen MR) is 106 cm³/mol. The number of nitrogens with one attached hydrogen (secondary N) is 1. The van der Waals surface area contributed by atoms with Crippen molar-refractivity contribution in [2.75, 3.05) is 13.2 Å². The minimum atomic E-state index is -0.824. The Labute approximate surface area is 166 Å². The van der Waals surface area contributed by atoms with Crippen LogP contribution in [0.4, 0.5) is 0 Å². The van der Waals surface area contributed by atoms with Crippen LogP contribution in [0.1, 0.15) is 51.5 Å². The molecule has 1 aliphatic carbocycles. The van der Waals surface area contributed by atoms with Gasteiger partial charge < -0.3 is 19.5 Å². The molecule has 6 nitrogen and oxygen atoms in total. The number of carbonyl (C=O) groups is 2. The molecule has 0 aromatic heterocycles. The fraction of sp³-hybridized carbons (Fsp3) is 0.545. The first kappa shape index (κ1) is 20.2. The number of benzene rings is 1. The highest BCUT2D eigenvalue weighted by molar-refractivity contribution is 5.90. The summed E-state index contributed by atoms with van der Waals surface area (Å²) >= 11 is 0. The van der Waals surface area contributed by atoms with Crippen LogP contribution >= 0.6 is 0 Å². The Morgan fingerprint density at radius 3 is 2.68 bits per heavy atom. The minimum absolute atomic E-state index is 0.166. The van der Waals surface area contributed by atoms with Crippen LogP contribution in [0.2, 0.25) is 0 Å². The predicted octanol–water partition coefficient (Wildman–Crippen LogP) is 3.49. The summed E-state index contributed by atoms with van der Waals surface area (Å²) in [7, 11) is 0. The molecule has 1 aliphatic heterocycles. The van der Waals surface area contributed by atoms with Gasteiger partial charge in [-0.25, -0.2) is 4.79 Å². The quantitative estimate of drug-likeness (QED) is 0.618. The van der Waals surface area contributed by atoms with Gasteiger partial charge in [-0.1, -0.05) is 25.8 Å². The molecule has 0 spiro atoms. The zero-order valence-electron chi connectivity index (χ0n) is 16.6. The second-order valence-electron chi connectivity index (χ2n) is 7.55. The van der Waals surface area contributed by atoms with E-state index in [-0.39, 0.29) is 11.9 Å². The fourth-order valence-electron chi connectivity index (χ4n) is 3.55. The van der Waals surface area contributed by atoms with Gasteiger partial charge in [-0.05, 0) is 49.5 Å². The lowest BCUT2D eigenvalue weighted by Gasteiger charge is -2.30. The number of fused-ring (bicyclic) bond motifs is 1. The lowest BCUT2D eigenvalue weighted by atomic mass is 9.86. The lowest BCUT2D eigenvalue weighted by molar-refractivity contribution is -0.150. The number of rotatable bonds is 5. The van der Waals surface area contributed by atoms with Gasteiger partial charge >= 0.3 is 5.97 Å². The van der Waals surface area contributed by atoms with Gasteiger partial charge in [0, 0.05) is 18.5 Å². The molecule has 1 saturated carbocycles. The summed E-state index contributed by atoms with van der Waals surface area (Å²) in [6.07, 6.45) is 7.43. The summed E-state index contributed by atoms with van der Waals surface area (Å²) in [5.41, 5.74) is 0.800. The lowest BCUT2D eigenvalue weighted by Crippen LogP contribution is -2.45. The maximum Gasteiger partial charge on any atom is 0.331 e. The van der Waals surface area contributed by atoms with Gasteiger partial charge in [-0.15, -0.1) is 0 Å². The second-order valence-corrected chi connectivity index (χ2v) is 7.55. The van der Waals surface area contributed by atoms with Gasteiger partial charge in [-0.2, -0.15) is 0 Å². The second kappa shape index (κ2) is 9.62. The van der Waals surface area contributed by atoms with Crippen LogP contribution in [0.15, 0.2) is 24.3 Å². The van der Waals surface area contributed by atoms with E-state index in [1.54, 1.807) is 13.0 Å². The van der Waals surface area contributed by atoms with Gasteiger partial charge in [0.2, 0.25) is 0 Å². The molecular weight excluding hydrogens is 358 g/mol. The van der Waals surface area contributed by atoms with E-state index in [1.807, 2.05) is 18.2 Å². The first-order chi connectivity index (χ1) is 13.5. The zero-order chi connectivity index (χ0) is 19.9. The molecule has 3 rings (SSSR count). The van der Waals surface area contributed by atoms with E-state index in [9.17, 15) is 9.59 Å². The Hall–Kier alpha value is -2.50. The zero-order valence-corrected chi connectivity index (χ0v) is 16.6. The first-order valence-corrected chi connectivity index (χ1v) is 10.1. The van der Waals surface area contributed by atoms with Crippen LogP contribution in [0.25, 0.3) is 6.08 Å². The average molecular weight is 387 g/mol. The Morgan fingerprint density at radius 2 is 1.89 bits per heavy atom. The first-order valence-electron chi connectivity index (χ1n) is 10.1. The maximum absolute atomic E-state index is 12.3. The number of carbonyl (C=O) groups excluding carboxylic acids is 2. The van der Waals surface area contributed by atoms with Crippen molar-refractivity contribution in [3.63, 3.8) is 0 Å². The third-order valence-corrected chi connectivity index (χ3v) is 5.28. The molecule has 2 aliphatic rings. The van der Waals surface area contributed by atoms with Crippen molar-refractivity contribution in [1.29, 1.82) is 0 Å². The SMILES string of the molecule is C[C@@H](OC(=O)/C=C/c1ccc2c(c1)OCCCO2)C(=O)N[C@H]1CCCC[C@@H]1C. The van der Waals surface area contributed by atoms with Crippen molar-refractivity contribution in [3.8, 4) is 11.5 Å². The van der Waals surface area contributed by atoms with E-state index in [4.69, 9.17) is 14.2 Å². The van der Waals surface area contributed by atoms with Gasteiger partial charge in [0.15, 0.2) is 17.6 Å². The Bertz CT molecular complexity index is 730. The molecule has 1 heterocycles. The summed E-state index contributed by atoms with van der Waals surface area (Å²) in [5, 5.41) is 3.02. The van der Waals surface area contributed by atoms with Gasteiger partial charge in [0.25, 0.3) is 5.91 Å². The van der Waals surface area contributed by atoms with Crippen molar-refractivity contribution in [2.45, 2.75) is 58.1 Å². The van der Waals surface area contributed by atoms with E-state index in [2.05, 4.69) is 12.2 Å². The summed E-state index contributed by atoms with van der Waals surface area (Å²) in [5.74, 6) is 1.05. The van der Waals surface area contributed by atoms with E-state index < -0.39 is 12.1 Å².